The highest BCUT2D eigenvalue weighted by Gasteiger charge is 2.19. The third-order valence-electron chi connectivity index (χ3n) is 4.08. The van der Waals surface area contributed by atoms with Crippen LogP contribution in [0.5, 0.6) is 0 Å². The molecule has 150 valence electrons. The molecule has 4 rings (SSSR count). The van der Waals surface area contributed by atoms with Gasteiger partial charge >= 0.3 is 0 Å². The Hall–Kier alpha value is -2.68. The molecule has 2 aromatic carbocycles. The largest absolute Gasteiger partial charge is 0.310 e. The highest BCUT2D eigenvalue weighted by Crippen LogP contribution is 2.31. The topological polar surface area (TPSA) is 29.0 Å². The summed E-state index contributed by atoms with van der Waals surface area (Å²) in [6.07, 6.45) is 5.13. The first kappa shape index (κ1) is 23.4. The lowest BCUT2D eigenvalue weighted by molar-refractivity contribution is 0.747. The summed E-state index contributed by atoms with van der Waals surface area (Å²) in [6, 6.07) is 22.5. The number of aromatic nitrogens is 2. The number of fused-ring (bicyclic) bond motifs is 1. The minimum absolute atomic E-state index is 0.835. The van der Waals surface area contributed by atoms with Crippen LogP contribution in [-0.2, 0) is 12.8 Å². The molecule has 3 nitrogen and oxygen atoms in total. The first-order valence-electron chi connectivity index (χ1n) is 10.6. The van der Waals surface area contributed by atoms with Crippen molar-refractivity contribution in [3.63, 3.8) is 0 Å². The third kappa shape index (κ3) is 7.15. The number of para-hydroxylation sites is 1. The predicted octanol–water partition coefficient (Wildman–Crippen LogP) is 6.86. The maximum absolute atomic E-state index is 4.63. The molecule has 0 N–H and O–H groups in total. The summed E-state index contributed by atoms with van der Waals surface area (Å²) in [6.45, 7) is 11.1. The molecule has 0 aliphatic carbocycles. The minimum Gasteiger partial charge on any atom is -0.310 e. The van der Waals surface area contributed by atoms with Crippen molar-refractivity contribution >= 4 is 11.6 Å². The van der Waals surface area contributed by atoms with Gasteiger partial charge in [-0.2, -0.15) is 0 Å². The van der Waals surface area contributed by atoms with Gasteiger partial charge in [0.2, 0.25) is 5.95 Å². The van der Waals surface area contributed by atoms with Crippen LogP contribution >= 0.6 is 0 Å². The van der Waals surface area contributed by atoms with E-state index >= 15 is 0 Å². The lowest BCUT2D eigenvalue weighted by Gasteiger charge is -2.29. The van der Waals surface area contributed by atoms with Crippen LogP contribution in [-0.4, -0.2) is 16.5 Å². The number of hydrogen-bond acceptors (Lipinski definition) is 3. The molecular weight excluding hydrogens is 342 g/mol. The van der Waals surface area contributed by atoms with Crippen LogP contribution in [0.25, 0.3) is 0 Å². The van der Waals surface area contributed by atoms with Gasteiger partial charge < -0.3 is 4.90 Å². The monoisotopic (exact) mass is 377 g/mol. The van der Waals surface area contributed by atoms with Crippen LogP contribution in [0.4, 0.5) is 11.6 Å². The predicted molar refractivity (Wildman–Crippen MR) is 122 cm³/mol. The summed E-state index contributed by atoms with van der Waals surface area (Å²) in [5, 5.41) is 0. The quantitative estimate of drug-likeness (QED) is 0.488. The molecule has 0 saturated heterocycles. The number of aryl methyl sites for hydroxylation is 2. The van der Waals surface area contributed by atoms with Crippen molar-refractivity contribution in [2.45, 2.75) is 53.9 Å². The Kier molecular flexibility index (Phi) is 12.0. The number of nitrogens with zero attached hydrogens (tertiary/aromatic N) is 3. The molecule has 0 saturated carbocycles. The summed E-state index contributed by atoms with van der Waals surface area (Å²) < 4.78 is 0. The Balaban J connectivity index is 0.000000329. The highest BCUT2D eigenvalue weighted by atomic mass is 15.3. The summed E-state index contributed by atoms with van der Waals surface area (Å²) in [7, 11) is 0. The molecule has 0 amide bonds. The lowest BCUT2D eigenvalue weighted by atomic mass is 10.0. The van der Waals surface area contributed by atoms with E-state index in [9.17, 15) is 0 Å². The van der Waals surface area contributed by atoms with E-state index in [1.165, 1.54) is 11.3 Å². The van der Waals surface area contributed by atoms with Gasteiger partial charge in [-0.1, -0.05) is 89.2 Å². The normalized spacial score (nSPS) is 11.4. The maximum atomic E-state index is 4.63. The molecule has 0 spiro atoms. The van der Waals surface area contributed by atoms with E-state index in [1.54, 1.807) is 0 Å². The number of hydrogen-bond donors (Lipinski definition) is 0. The lowest BCUT2D eigenvalue weighted by Crippen LogP contribution is -2.26. The molecule has 3 aromatic rings. The summed E-state index contributed by atoms with van der Waals surface area (Å²) >= 11 is 0. The van der Waals surface area contributed by atoms with Gasteiger partial charge in [0.25, 0.3) is 0 Å². The van der Waals surface area contributed by atoms with Crippen molar-refractivity contribution in [3.8, 4) is 0 Å². The van der Waals surface area contributed by atoms with E-state index in [0.29, 0.717) is 0 Å². The smallest absolute Gasteiger partial charge is 0.230 e. The number of anilines is 2. The Bertz CT molecular complexity index is 730. The van der Waals surface area contributed by atoms with Crippen molar-refractivity contribution in [1.82, 2.24) is 9.97 Å². The van der Waals surface area contributed by atoms with E-state index in [4.69, 9.17) is 0 Å². The van der Waals surface area contributed by atoms with Crippen molar-refractivity contribution in [2.24, 2.45) is 0 Å². The van der Waals surface area contributed by atoms with Crippen LogP contribution in [0.3, 0.4) is 0 Å². The third-order valence-corrected chi connectivity index (χ3v) is 4.08. The van der Waals surface area contributed by atoms with Crippen LogP contribution in [0, 0.1) is 0 Å². The van der Waals surface area contributed by atoms with Gasteiger partial charge in [0.15, 0.2) is 0 Å². The molecule has 1 aliphatic rings. The van der Waals surface area contributed by atoms with Gasteiger partial charge in [0, 0.05) is 24.1 Å². The molecule has 0 radical (unpaired) electrons. The molecule has 0 bridgehead atoms. The Morgan fingerprint density at radius 1 is 0.821 bits per heavy atom. The first-order chi connectivity index (χ1) is 13.9. The fourth-order valence-electron chi connectivity index (χ4n) is 2.84. The van der Waals surface area contributed by atoms with Crippen LogP contribution in [0.1, 0.15) is 52.3 Å². The van der Waals surface area contributed by atoms with Crippen molar-refractivity contribution in [2.75, 3.05) is 11.4 Å². The molecule has 1 aromatic heterocycles. The molecule has 0 atom stereocenters. The second kappa shape index (κ2) is 14.4. The van der Waals surface area contributed by atoms with E-state index in [1.807, 2.05) is 76.4 Å². The molecule has 1 aliphatic heterocycles. The van der Waals surface area contributed by atoms with Gasteiger partial charge in [-0.25, -0.2) is 9.97 Å². The van der Waals surface area contributed by atoms with Crippen LogP contribution < -0.4 is 4.90 Å². The highest BCUT2D eigenvalue weighted by molar-refractivity contribution is 5.63. The van der Waals surface area contributed by atoms with Crippen LogP contribution in [0.2, 0.25) is 0 Å². The zero-order valence-corrected chi connectivity index (χ0v) is 18.1. The minimum atomic E-state index is 0.835. The molecule has 2 heterocycles. The number of rotatable bonds is 2. The van der Waals surface area contributed by atoms with E-state index < -0.39 is 0 Å². The summed E-state index contributed by atoms with van der Waals surface area (Å²) in [5.41, 5.74) is 3.76. The zero-order chi connectivity index (χ0) is 20.6. The summed E-state index contributed by atoms with van der Waals surface area (Å²) in [5.74, 6) is 0.835. The van der Waals surface area contributed by atoms with Crippen molar-refractivity contribution in [3.05, 3.63) is 84.2 Å². The fraction of sp³-hybridized carbons (Fsp3) is 0.360. The average molecular weight is 378 g/mol. The van der Waals surface area contributed by atoms with E-state index in [0.717, 1.165) is 37.4 Å². The Morgan fingerprint density at radius 2 is 1.43 bits per heavy atom. The van der Waals surface area contributed by atoms with Gasteiger partial charge in [0.1, 0.15) is 0 Å². The van der Waals surface area contributed by atoms with Gasteiger partial charge in [-0.3, -0.25) is 0 Å². The first-order valence-corrected chi connectivity index (χ1v) is 10.6. The van der Waals surface area contributed by atoms with E-state index in [-0.39, 0.29) is 0 Å². The molecule has 28 heavy (non-hydrogen) atoms. The van der Waals surface area contributed by atoms with E-state index in [2.05, 4.69) is 46.1 Å². The standard InChI is InChI=1S/C15H17N3.C6H6.2C2H6/c1-2-13-9-10-16-15(17-13)18-11-5-7-12-6-3-4-8-14(12)18;1-2-4-6-5-3-1;2*1-2/h3-4,6,8-10H,2,5,7,11H2,1H3;1-6H;2*1-2H3. The Labute approximate surface area is 171 Å². The fourth-order valence-corrected chi connectivity index (χ4v) is 2.84. The zero-order valence-electron chi connectivity index (χ0n) is 18.1. The van der Waals surface area contributed by atoms with Gasteiger partial charge in [0.05, 0.1) is 0 Å². The summed E-state index contributed by atoms with van der Waals surface area (Å²) in [4.78, 5) is 11.3. The second-order valence-electron chi connectivity index (χ2n) is 5.74. The SMILES string of the molecule is CC.CC.CCc1ccnc(N2CCCc3ccccc32)n1.c1ccccc1. The average Bonchev–Trinajstić information content (AvgIpc) is 2.83. The molecular formula is C25H35N3. The van der Waals surface area contributed by atoms with Gasteiger partial charge in [-0.05, 0) is 37.0 Å². The van der Waals surface area contributed by atoms with Crippen molar-refractivity contribution in [1.29, 1.82) is 0 Å². The van der Waals surface area contributed by atoms with Gasteiger partial charge in [-0.15, -0.1) is 0 Å². The van der Waals surface area contributed by atoms with Crippen LogP contribution in [0.15, 0.2) is 72.9 Å². The molecule has 0 unspecified atom stereocenters. The van der Waals surface area contributed by atoms with Crippen molar-refractivity contribution < 1.29 is 0 Å². The molecule has 0 fully saturated rings. The maximum Gasteiger partial charge on any atom is 0.230 e. The number of benzene rings is 2. The molecule has 3 heteroatoms. The Morgan fingerprint density at radius 3 is 2.04 bits per heavy atom. The second-order valence-corrected chi connectivity index (χ2v) is 5.74.